The Morgan fingerprint density at radius 3 is 2.79 bits per heavy atom. The highest BCUT2D eigenvalue weighted by Gasteiger charge is 2.23. The van der Waals surface area contributed by atoms with Gasteiger partial charge in [0.2, 0.25) is 0 Å². The van der Waals surface area contributed by atoms with E-state index in [4.69, 9.17) is 4.74 Å². The number of rotatable bonds is 7. The van der Waals surface area contributed by atoms with E-state index in [1.807, 2.05) is 30.3 Å². The molecular weight excluding hydrogens is 236 g/mol. The standard InChI is InChI=1S/C16H26N2O/c1-14(2)18-11-9-15(13-18)17-10-6-12-19-16-7-4-3-5-8-16/h3-5,7-8,14-15,17H,6,9-13H2,1-2H3. The minimum absolute atomic E-state index is 0.666. The van der Waals surface area contributed by atoms with Crippen molar-refractivity contribution in [3.8, 4) is 5.75 Å². The summed E-state index contributed by atoms with van der Waals surface area (Å²) < 4.78 is 5.68. The van der Waals surface area contributed by atoms with Crippen LogP contribution in [0.5, 0.6) is 5.75 Å². The van der Waals surface area contributed by atoms with Gasteiger partial charge in [-0.2, -0.15) is 0 Å². The lowest BCUT2D eigenvalue weighted by molar-refractivity contribution is 0.266. The van der Waals surface area contributed by atoms with Gasteiger partial charge in [-0.25, -0.2) is 0 Å². The Morgan fingerprint density at radius 1 is 1.32 bits per heavy atom. The van der Waals surface area contributed by atoms with Crippen molar-refractivity contribution in [1.29, 1.82) is 0 Å². The highest BCUT2D eigenvalue weighted by molar-refractivity contribution is 5.20. The molecule has 0 saturated carbocycles. The number of likely N-dealkylation sites (tertiary alicyclic amines) is 1. The van der Waals surface area contributed by atoms with E-state index in [2.05, 4.69) is 24.1 Å². The zero-order valence-electron chi connectivity index (χ0n) is 12.1. The number of nitrogens with zero attached hydrogens (tertiary/aromatic N) is 1. The first-order valence-electron chi connectivity index (χ1n) is 7.41. The summed E-state index contributed by atoms with van der Waals surface area (Å²) in [5, 5.41) is 3.63. The van der Waals surface area contributed by atoms with Gasteiger partial charge in [-0.15, -0.1) is 0 Å². The Morgan fingerprint density at radius 2 is 2.11 bits per heavy atom. The molecule has 0 spiro atoms. The molecule has 1 aromatic carbocycles. The summed E-state index contributed by atoms with van der Waals surface area (Å²) >= 11 is 0. The molecule has 3 nitrogen and oxygen atoms in total. The molecule has 19 heavy (non-hydrogen) atoms. The molecule has 1 N–H and O–H groups in total. The topological polar surface area (TPSA) is 24.5 Å². The van der Waals surface area contributed by atoms with Crippen LogP contribution in [0, 0.1) is 0 Å². The van der Waals surface area contributed by atoms with Crippen LogP contribution in [0.3, 0.4) is 0 Å². The fourth-order valence-corrected chi connectivity index (χ4v) is 2.51. The van der Waals surface area contributed by atoms with E-state index in [1.54, 1.807) is 0 Å². The lowest BCUT2D eigenvalue weighted by Crippen LogP contribution is -2.35. The summed E-state index contributed by atoms with van der Waals surface area (Å²) in [6, 6.07) is 11.4. The van der Waals surface area contributed by atoms with Crippen LogP contribution in [0.1, 0.15) is 26.7 Å². The molecule has 1 aliphatic rings. The molecule has 0 amide bonds. The van der Waals surface area contributed by atoms with Crippen molar-refractivity contribution in [3.63, 3.8) is 0 Å². The molecule has 0 aromatic heterocycles. The third-order valence-electron chi connectivity index (χ3n) is 3.72. The molecule has 0 radical (unpaired) electrons. The van der Waals surface area contributed by atoms with Gasteiger partial charge in [-0.05, 0) is 51.9 Å². The summed E-state index contributed by atoms with van der Waals surface area (Å²) in [6.45, 7) is 8.81. The number of para-hydroxylation sites is 1. The van der Waals surface area contributed by atoms with Gasteiger partial charge in [0.1, 0.15) is 5.75 Å². The molecule has 2 rings (SSSR count). The molecule has 3 heteroatoms. The average Bonchev–Trinajstić information content (AvgIpc) is 2.89. The van der Waals surface area contributed by atoms with Crippen LogP contribution in [-0.4, -0.2) is 43.2 Å². The van der Waals surface area contributed by atoms with Crippen LogP contribution < -0.4 is 10.1 Å². The van der Waals surface area contributed by atoms with Gasteiger partial charge < -0.3 is 10.1 Å². The largest absolute Gasteiger partial charge is 0.494 e. The van der Waals surface area contributed by atoms with Crippen LogP contribution in [0.25, 0.3) is 0 Å². The predicted octanol–water partition coefficient (Wildman–Crippen LogP) is 2.53. The molecule has 0 aliphatic carbocycles. The summed E-state index contributed by atoms with van der Waals surface area (Å²) in [4.78, 5) is 2.54. The maximum absolute atomic E-state index is 5.68. The average molecular weight is 262 g/mol. The van der Waals surface area contributed by atoms with Crippen molar-refractivity contribution in [2.75, 3.05) is 26.2 Å². The Balaban J connectivity index is 1.53. The number of hydrogen-bond acceptors (Lipinski definition) is 3. The van der Waals surface area contributed by atoms with Crippen LogP contribution in [-0.2, 0) is 0 Å². The minimum atomic E-state index is 0.666. The van der Waals surface area contributed by atoms with Gasteiger partial charge in [0.25, 0.3) is 0 Å². The Bertz CT molecular complexity index is 353. The van der Waals surface area contributed by atoms with Crippen molar-refractivity contribution in [2.45, 2.75) is 38.8 Å². The van der Waals surface area contributed by atoms with Gasteiger partial charge in [0.05, 0.1) is 6.61 Å². The van der Waals surface area contributed by atoms with Gasteiger partial charge in [-0.1, -0.05) is 18.2 Å². The first kappa shape index (κ1) is 14.4. The van der Waals surface area contributed by atoms with Crippen molar-refractivity contribution in [1.82, 2.24) is 10.2 Å². The second-order valence-corrected chi connectivity index (χ2v) is 5.54. The molecule has 1 fully saturated rings. The van der Waals surface area contributed by atoms with Gasteiger partial charge in [0.15, 0.2) is 0 Å². The van der Waals surface area contributed by atoms with E-state index in [0.717, 1.165) is 25.3 Å². The van der Waals surface area contributed by atoms with Crippen LogP contribution in [0.4, 0.5) is 0 Å². The smallest absolute Gasteiger partial charge is 0.119 e. The molecule has 1 saturated heterocycles. The lowest BCUT2D eigenvalue weighted by atomic mass is 10.2. The highest BCUT2D eigenvalue weighted by atomic mass is 16.5. The van der Waals surface area contributed by atoms with Crippen LogP contribution >= 0.6 is 0 Å². The van der Waals surface area contributed by atoms with Crippen molar-refractivity contribution >= 4 is 0 Å². The molecule has 0 bridgehead atoms. The number of nitrogens with one attached hydrogen (secondary N) is 1. The molecule has 1 atom stereocenters. The summed E-state index contributed by atoms with van der Waals surface area (Å²) in [6.07, 6.45) is 2.34. The molecule has 1 aliphatic heterocycles. The lowest BCUT2D eigenvalue weighted by Gasteiger charge is -2.20. The van der Waals surface area contributed by atoms with E-state index in [1.165, 1.54) is 19.5 Å². The fraction of sp³-hybridized carbons (Fsp3) is 0.625. The van der Waals surface area contributed by atoms with Crippen molar-refractivity contribution in [2.24, 2.45) is 0 Å². The van der Waals surface area contributed by atoms with Gasteiger partial charge in [-0.3, -0.25) is 4.90 Å². The third kappa shape index (κ3) is 4.84. The molecule has 106 valence electrons. The summed E-state index contributed by atoms with van der Waals surface area (Å²) in [7, 11) is 0. The SMILES string of the molecule is CC(C)N1CCC(NCCCOc2ccccc2)C1. The fourth-order valence-electron chi connectivity index (χ4n) is 2.51. The summed E-state index contributed by atoms with van der Waals surface area (Å²) in [5.74, 6) is 0.967. The Kier molecular flexibility index (Phi) is 5.67. The van der Waals surface area contributed by atoms with Gasteiger partial charge >= 0.3 is 0 Å². The molecular formula is C16H26N2O. The van der Waals surface area contributed by atoms with E-state index < -0.39 is 0 Å². The quantitative estimate of drug-likeness (QED) is 0.764. The maximum atomic E-state index is 5.68. The van der Waals surface area contributed by atoms with Crippen LogP contribution in [0.15, 0.2) is 30.3 Å². The van der Waals surface area contributed by atoms with Crippen LogP contribution in [0.2, 0.25) is 0 Å². The van der Waals surface area contributed by atoms with E-state index in [0.29, 0.717) is 12.1 Å². The highest BCUT2D eigenvalue weighted by Crippen LogP contribution is 2.12. The Labute approximate surface area is 116 Å². The second kappa shape index (κ2) is 7.51. The Hall–Kier alpha value is -1.06. The predicted molar refractivity (Wildman–Crippen MR) is 79.7 cm³/mol. The van der Waals surface area contributed by atoms with Crippen molar-refractivity contribution in [3.05, 3.63) is 30.3 Å². The van der Waals surface area contributed by atoms with Crippen molar-refractivity contribution < 1.29 is 4.74 Å². The summed E-state index contributed by atoms with van der Waals surface area (Å²) in [5.41, 5.74) is 0. The zero-order valence-corrected chi connectivity index (χ0v) is 12.1. The molecule has 1 unspecified atom stereocenters. The second-order valence-electron chi connectivity index (χ2n) is 5.54. The zero-order chi connectivity index (χ0) is 13.5. The molecule has 1 heterocycles. The molecule has 1 aromatic rings. The first-order valence-corrected chi connectivity index (χ1v) is 7.41. The monoisotopic (exact) mass is 262 g/mol. The first-order chi connectivity index (χ1) is 9.25. The van der Waals surface area contributed by atoms with E-state index in [-0.39, 0.29) is 0 Å². The van der Waals surface area contributed by atoms with E-state index >= 15 is 0 Å². The number of ether oxygens (including phenoxy) is 1. The maximum Gasteiger partial charge on any atom is 0.119 e. The third-order valence-corrected chi connectivity index (χ3v) is 3.72. The number of hydrogen-bond donors (Lipinski definition) is 1. The van der Waals surface area contributed by atoms with E-state index in [9.17, 15) is 0 Å². The van der Waals surface area contributed by atoms with Gasteiger partial charge in [0, 0.05) is 18.6 Å². The number of benzene rings is 1. The normalized spacial score (nSPS) is 20.1. The minimum Gasteiger partial charge on any atom is -0.494 e.